The van der Waals surface area contributed by atoms with Crippen molar-refractivity contribution in [1.29, 1.82) is 0 Å². The van der Waals surface area contributed by atoms with Crippen molar-refractivity contribution in [2.45, 2.75) is 0 Å². The average Bonchev–Trinajstić information content (AvgIpc) is 2.41. The zero-order valence-electron chi connectivity index (χ0n) is 9.93. The summed E-state index contributed by atoms with van der Waals surface area (Å²) in [5.74, 6) is -3.76. The lowest BCUT2D eigenvalue weighted by Crippen LogP contribution is -2.15. The van der Waals surface area contributed by atoms with Crippen molar-refractivity contribution in [2.24, 2.45) is 0 Å². The van der Waals surface area contributed by atoms with E-state index in [2.05, 4.69) is 10.3 Å². The molecule has 0 aliphatic carbocycles. The summed E-state index contributed by atoms with van der Waals surface area (Å²) in [7, 11) is 0. The van der Waals surface area contributed by atoms with E-state index in [-0.39, 0.29) is 16.9 Å². The van der Waals surface area contributed by atoms with Gasteiger partial charge in [-0.05, 0) is 30.3 Å². The Balaban J connectivity index is 2.27. The summed E-state index contributed by atoms with van der Waals surface area (Å²) in [5.41, 5.74) is -0.750. The first-order valence-corrected chi connectivity index (χ1v) is 5.44. The van der Waals surface area contributed by atoms with Crippen molar-refractivity contribution in [3.63, 3.8) is 0 Å². The standard InChI is InChI=1S/C13H8F2N2O3/c14-8-5-4-7(13(19)20)6-10(8)17-12(18)9-2-1-3-11(15)16-9/h1-6H,(H,17,18)(H,19,20). The number of carbonyl (C=O) groups excluding carboxylic acids is 1. The Morgan fingerprint density at radius 1 is 1.15 bits per heavy atom. The number of nitrogens with one attached hydrogen (secondary N) is 1. The second-order valence-corrected chi connectivity index (χ2v) is 3.80. The number of carbonyl (C=O) groups is 2. The lowest BCUT2D eigenvalue weighted by Gasteiger charge is -2.07. The number of rotatable bonds is 3. The number of hydrogen-bond acceptors (Lipinski definition) is 3. The second-order valence-electron chi connectivity index (χ2n) is 3.80. The number of pyridine rings is 1. The summed E-state index contributed by atoms with van der Waals surface area (Å²) < 4.78 is 26.4. The van der Waals surface area contributed by atoms with E-state index in [1.54, 1.807) is 0 Å². The Labute approximate surface area is 111 Å². The van der Waals surface area contributed by atoms with Gasteiger partial charge in [-0.15, -0.1) is 0 Å². The maximum Gasteiger partial charge on any atom is 0.335 e. The van der Waals surface area contributed by atoms with Crippen LogP contribution in [0.3, 0.4) is 0 Å². The molecule has 2 N–H and O–H groups in total. The fourth-order valence-corrected chi connectivity index (χ4v) is 1.48. The molecule has 20 heavy (non-hydrogen) atoms. The molecule has 1 aromatic heterocycles. The molecule has 0 saturated heterocycles. The number of aromatic carboxylic acids is 1. The monoisotopic (exact) mass is 278 g/mol. The molecule has 0 radical (unpaired) electrons. The topological polar surface area (TPSA) is 79.3 Å². The number of anilines is 1. The lowest BCUT2D eigenvalue weighted by atomic mass is 10.2. The molecule has 0 aliphatic rings. The molecule has 1 aromatic carbocycles. The maximum atomic E-state index is 13.5. The second kappa shape index (κ2) is 5.43. The lowest BCUT2D eigenvalue weighted by molar-refractivity contribution is 0.0696. The minimum absolute atomic E-state index is 0.186. The smallest absolute Gasteiger partial charge is 0.335 e. The number of aromatic nitrogens is 1. The molecular weight excluding hydrogens is 270 g/mol. The third-order valence-corrected chi connectivity index (χ3v) is 2.41. The Bertz CT molecular complexity index is 689. The summed E-state index contributed by atoms with van der Waals surface area (Å²) in [6, 6.07) is 6.53. The van der Waals surface area contributed by atoms with Crippen LogP contribution in [0.25, 0.3) is 0 Å². The first-order valence-electron chi connectivity index (χ1n) is 5.44. The molecule has 0 fully saturated rings. The maximum absolute atomic E-state index is 13.5. The number of nitrogens with zero attached hydrogens (tertiary/aromatic N) is 1. The predicted molar refractivity (Wildman–Crippen MR) is 65.5 cm³/mol. The van der Waals surface area contributed by atoms with Crippen LogP contribution < -0.4 is 5.32 Å². The largest absolute Gasteiger partial charge is 0.478 e. The van der Waals surface area contributed by atoms with Gasteiger partial charge in [0.25, 0.3) is 5.91 Å². The van der Waals surface area contributed by atoms with Gasteiger partial charge >= 0.3 is 5.97 Å². The molecule has 0 spiro atoms. The number of carboxylic acid groups (broad SMARTS) is 1. The summed E-state index contributed by atoms with van der Waals surface area (Å²) in [6.45, 7) is 0. The van der Waals surface area contributed by atoms with Crippen LogP contribution in [0.5, 0.6) is 0 Å². The van der Waals surface area contributed by atoms with Crippen LogP contribution in [-0.2, 0) is 0 Å². The fourth-order valence-electron chi connectivity index (χ4n) is 1.48. The Hall–Kier alpha value is -2.83. The number of benzene rings is 1. The predicted octanol–water partition coefficient (Wildman–Crippen LogP) is 2.31. The summed E-state index contributed by atoms with van der Waals surface area (Å²) >= 11 is 0. The number of carboxylic acids is 1. The molecule has 5 nitrogen and oxygen atoms in total. The van der Waals surface area contributed by atoms with Crippen LogP contribution in [0.4, 0.5) is 14.5 Å². The first kappa shape index (κ1) is 13.6. The van der Waals surface area contributed by atoms with Crippen LogP contribution >= 0.6 is 0 Å². The third kappa shape index (κ3) is 2.94. The van der Waals surface area contributed by atoms with Gasteiger partial charge in [-0.2, -0.15) is 4.39 Å². The van der Waals surface area contributed by atoms with E-state index >= 15 is 0 Å². The van der Waals surface area contributed by atoms with E-state index in [4.69, 9.17) is 5.11 Å². The molecular formula is C13H8F2N2O3. The minimum atomic E-state index is -1.26. The molecule has 1 heterocycles. The zero-order valence-corrected chi connectivity index (χ0v) is 9.93. The quantitative estimate of drug-likeness (QED) is 0.844. The van der Waals surface area contributed by atoms with Crippen LogP contribution in [0.1, 0.15) is 20.8 Å². The normalized spacial score (nSPS) is 10.1. The summed E-state index contributed by atoms with van der Waals surface area (Å²) in [6.07, 6.45) is 0. The van der Waals surface area contributed by atoms with Gasteiger partial charge in [-0.25, -0.2) is 14.2 Å². The molecule has 0 aliphatic heterocycles. The van der Waals surface area contributed by atoms with Gasteiger partial charge in [0.15, 0.2) is 0 Å². The first-order chi connectivity index (χ1) is 9.47. The average molecular weight is 278 g/mol. The zero-order chi connectivity index (χ0) is 14.7. The Kier molecular flexibility index (Phi) is 3.69. The van der Waals surface area contributed by atoms with Crippen LogP contribution in [0, 0.1) is 11.8 Å². The molecule has 7 heteroatoms. The number of amides is 1. The van der Waals surface area contributed by atoms with Gasteiger partial charge < -0.3 is 10.4 Å². The van der Waals surface area contributed by atoms with Crippen molar-refractivity contribution in [3.05, 3.63) is 59.4 Å². The van der Waals surface area contributed by atoms with Crippen LogP contribution in [0.15, 0.2) is 36.4 Å². The van der Waals surface area contributed by atoms with Gasteiger partial charge in [0.2, 0.25) is 5.95 Å². The van der Waals surface area contributed by atoms with Crippen molar-refractivity contribution in [1.82, 2.24) is 4.98 Å². The molecule has 102 valence electrons. The van der Waals surface area contributed by atoms with E-state index in [1.807, 2.05) is 0 Å². The Morgan fingerprint density at radius 2 is 1.90 bits per heavy atom. The highest BCUT2D eigenvalue weighted by Gasteiger charge is 2.13. The van der Waals surface area contributed by atoms with E-state index in [1.165, 1.54) is 12.1 Å². The molecule has 0 unspecified atom stereocenters. The van der Waals surface area contributed by atoms with Gasteiger partial charge in [0, 0.05) is 0 Å². The van der Waals surface area contributed by atoms with Gasteiger partial charge in [0.05, 0.1) is 11.3 Å². The Morgan fingerprint density at radius 3 is 2.55 bits per heavy atom. The molecule has 0 atom stereocenters. The third-order valence-electron chi connectivity index (χ3n) is 2.41. The molecule has 0 saturated carbocycles. The van der Waals surface area contributed by atoms with Crippen LogP contribution in [0.2, 0.25) is 0 Å². The summed E-state index contributed by atoms with van der Waals surface area (Å²) in [5, 5.41) is 10.9. The summed E-state index contributed by atoms with van der Waals surface area (Å²) in [4.78, 5) is 25.9. The highest BCUT2D eigenvalue weighted by molar-refractivity contribution is 6.03. The highest BCUT2D eigenvalue weighted by atomic mass is 19.1. The van der Waals surface area contributed by atoms with Gasteiger partial charge in [-0.3, -0.25) is 4.79 Å². The van der Waals surface area contributed by atoms with Gasteiger partial charge in [-0.1, -0.05) is 6.07 Å². The highest BCUT2D eigenvalue weighted by Crippen LogP contribution is 2.17. The van der Waals surface area contributed by atoms with Crippen molar-refractivity contribution < 1.29 is 23.5 Å². The van der Waals surface area contributed by atoms with Gasteiger partial charge in [0.1, 0.15) is 11.5 Å². The molecule has 0 bridgehead atoms. The van der Waals surface area contributed by atoms with Crippen LogP contribution in [-0.4, -0.2) is 22.0 Å². The van der Waals surface area contributed by atoms with Crippen molar-refractivity contribution >= 4 is 17.6 Å². The SMILES string of the molecule is O=C(O)c1ccc(F)c(NC(=O)c2cccc(F)n2)c1. The van der Waals surface area contributed by atoms with Crippen molar-refractivity contribution in [2.75, 3.05) is 5.32 Å². The molecule has 2 aromatic rings. The molecule has 1 amide bonds. The van der Waals surface area contributed by atoms with E-state index < -0.39 is 23.6 Å². The fraction of sp³-hybridized carbons (Fsp3) is 0. The number of halogens is 2. The van der Waals surface area contributed by atoms with E-state index in [0.29, 0.717) is 0 Å². The van der Waals surface area contributed by atoms with E-state index in [0.717, 1.165) is 24.3 Å². The van der Waals surface area contributed by atoms with E-state index in [9.17, 15) is 18.4 Å². The minimum Gasteiger partial charge on any atom is -0.478 e. The van der Waals surface area contributed by atoms with Crippen molar-refractivity contribution in [3.8, 4) is 0 Å². The number of hydrogen-bond donors (Lipinski definition) is 2. The molecule has 2 rings (SSSR count).